The maximum absolute atomic E-state index is 13.6. The SMILES string of the molecule is CC(C)(C)C(F)(F)C(F)(F)C(F)(F)C(F)(F)COC(=O)C=CC(=O)[O-]. The molecule has 0 aliphatic heterocycles. The molecular weight excluding hydrogens is 372 g/mol. The first-order valence-corrected chi connectivity index (χ1v) is 6.38. The van der Waals surface area contributed by atoms with Crippen molar-refractivity contribution in [3.05, 3.63) is 12.2 Å². The summed E-state index contributed by atoms with van der Waals surface area (Å²) in [5, 5.41) is 9.94. The van der Waals surface area contributed by atoms with Gasteiger partial charge in [-0.25, -0.2) is 4.79 Å². The first kappa shape index (κ1) is 23.1. The second-order valence-electron chi connectivity index (χ2n) is 5.94. The Balaban J connectivity index is 5.53. The zero-order valence-electron chi connectivity index (χ0n) is 13.0. The third-order valence-corrected chi connectivity index (χ3v) is 2.94. The molecule has 0 rings (SSSR count). The maximum atomic E-state index is 13.6. The molecule has 0 aromatic carbocycles. The van der Waals surface area contributed by atoms with Gasteiger partial charge in [-0.05, 0) is 6.08 Å². The molecule has 4 nitrogen and oxygen atoms in total. The van der Waals surface area contributed by atoms with Crippen LogP contribution in [0.25, 0.3) is 0 Å². The van der Waals surface area contributed by atoms with E-state index in [1.54, 1.807) is 0 Å². The summed E-state index contributed by atoms with van der Waals surface area (Å²) >= 11 is 0. The summed E-state index contributed by atoms with van der Waals surface area (Å²) in [5.74, 6) is -28.4. The number of rotatable bonds is 7. The smallest absolute Gasteiger partial charge is 0.381 e. The van der Waals surface area contributed by atoms with E-state index in [0.29, 0.717) is 20.8 Å². The molecule has 0 aromatic heterocycles. The van der Waals surface area contributed by atoms with Crippen molar-refractivity contribution in [1.82, 2.24) is 0 Å². The number of halogens is 8. The van der Waals surface area contributed by atoms with Gasteiger partial charge >= 0.3 is 29.7 Å². The number of carboxylic acid groups (broad SMARTS) is 1. The van der Waals surface area contributed by atoms with E-state index in [9.17, 15) is 49.8 Å². The first-order chi connectivity index (χ1) is 10.8. The van der Waals surface area contributed by atoms with Crippen molar-refractivity contribution < 1.29 is 54.6 Å². The van der Waals surface area contributed by atoms with E-state index >= 15 is 0 Å². The van der Waals surface area contributed by atoms with E-state index in [4.69, 9.17) is 0 Å². The van der Waals surface area contributed by atoms with E-state index in [0.717, 1.165) is 0 Å². The molecule has 0 heterocycles. The van der Waals surface area contributed by atoms with E-state index in [2.05, 4.69) is 4.74 Å². The summed E-state index contributed by atoms with van der Waals surface area (Å²) in [5.41, 5.74) is -2.80. The molecule has 0 spiro atoms. The molecule has 0 bridgehead atoms. The predicted octanol–water partition coefficient (Wildman–Crippen LogP) is 2.42. The largest absolute Gasteiger partial charge is 0.545 e. The number of carbonyl (C=O) groups is 2. The summed E-state index contributed by atoms with van der Waals surface area (Å²) in [6.45, 7) is -1.36. The van der Waals surface area contributed by atoms with Crippen LogP contribution in [0, 0.1) is 5.41 Å². The lowest BCUT2D eigenvalue weighted by molar-refractivity contribution is -0.386. The van der Waals surface area contributed by atoms with Crippen molar-refractivity contribution in [1.29, 1.82) is 0 Å². The summed E-state index contributed by atoms with van der Waals surface area (Å²) in [7, 11) is 0. The van der Waals surface area contributed by atoms with E-state index in [-0.39, 0.29) is 12.2 Å². The summed E-state index contributed by atoms with van der Waals surface area (Å²) in [6.07, 6.45) is -0.0353. The monoisotopic (exact) mass is 385 g/mol. The molecule has 0 saturated heterocycles. The molecule has 0 amide bonds. The minimum Gasteiger partial charge on any atom is -0.545 e. The fraction of sp³-hybridized carbons (Fsp3) is 0.692. The van der Waals surface area contributed by atoms with Crippen LogP contribution in [0.5, 0.6) is 0 Å². The standard InChI is InChI=1S/C13H14F8O4/c1-9(2,3)11(16,17)13(20,21)12(18,19)10(14,15)6-25-8(24)5-4-7(22)23/h4-5H,6H2,1-3H3,(H,22,23)/p-1. The Morgan fingerprint density at radius 3 is 1.64 bits per heavy atom. The highest BCUT2D eigenvalue weighted by molar-refractivity contribution is 5.89. The van der Waals surface area contributed by atoms with Gasteiger partial charge in [-0.2, -0.15) is 35.1 Å². The lowest BCUT2D eigenvalue weighted by Gasteiger charge is -2.41. The van der Waals surface area contributed by atoms with Crippen LogP contribution >= 0.6 is 0 Å². The number of carboxylic acids is 1. The van der Waals surface area contributed by atoms with Crippen LogP contribution in [0.3, 0.4) is 0 Å². The number of alkyl halides is 8. The van der Waals surface area contributed by atoms with Gasteiger partial charge in [0, 0.05) is 11.5 Å². The predicted molar refractivity (Wildman–Crippen MR) is 64.3 cm³/mol. The van der Waals surface area contributed by atoms with Crippen LogP contribution < -0.4 is 5.11 Å². The molecule has 146 valence electrons. The van der Waals surface area contributed by atoms with E-state index < -0.39 is 47.7 Å². The van der Waals surface area contributed by atoms with Crippen molar-refractivity contribution in [3.8, 4) is 0 Å². The number of hydrogen-bond acceptors (Lipinski definition) is 4. The minimum absolute atomic E-state index is 0.0129. The average molecular weight is 385 g/mol. The van der Waals surface area contributed by atoms with Crippen molar-refractivity contribution in [2.45, 2.75) is 44.5 Å². The Labute approximate surface area is 136 Å². The Morgan fingerprint density at radius 1 is 0.840 bits per heavy atom. The zero-order valence-corrected chi connectivity index (χ0v) is 13.0. The summed E-state index contributed by atoms with van der Waals surface area (Å²) < 4.78 is 111. The highest BCUT2D eigenvalue weighted by atomic mass is 19.4. The van der Waals surface area contributed by atoms with Crippen LogP contribution in [-0.2, 0) is 14.3 Å². The van der Waals surface area contributed by atoms with E-state index in [1.165, 1.54) is 0 Å². The molecule has 25 heavy (non-hydrogen) atoms. The summed E-state index contributed by atoms with van der Waals surface area (Å²) in [4.78, 5) is 20.8. The minimum atomic E-state index is -6.59. The van der Waals surface area contributed by atoms with Gasteiger partial charge in [0.25, 0.3) is 0 Å². The van der Waals surface area contributed by atoms with Crippen LogP contribution in [0.1, 0.15) is 20.8 Å². The molecule has 0 N–H and O–H groups in total. The Morgan fingerprint density at radius 2 is 1.28 bits per heavy atom. The second kappa shape index (κ2) is 6.79. The van der Waals surface area contributed by atoms with Gasteiger partial charge in [-0.15, -0.1) is 0 Å². The Hall–Kier alpha value is -1.88. The zero-order chi connectivity index (χ0) is 20.5. The molecule has 0 aliphatic carbocycles. The van der Waals surface area contributed by atoms with Crippen molar-refractivity contribution in [3.63, 3.8) is 0 Å². The third-order valence-electron chi connectivity index (χ3n) is 2.94. The van der Waals surface area contributed by atoms with Crippen LogP contribution in [-0.4, -0.2) is 42.2 Å². The van der Waals surface area contributed by atoms with Crippen LogP contribution in [0.2, 0.25) is 0 Å². The van der Waals surface area contributed by atoms with Crippen LogP contribution in [0.4, 0.5) is 35.1 Å². The molecule has 12 heteroatoms. The number of ether oxygens (including phenoxy) is 1. The topological polar surface area (TPSA) is 66.4 Å². The van der Waals surface area contributed by atoms with Crippen LogP contribution in [0.15, 0.2) is 12.2 Å². The quantitative estimate of drug-likeness (QED) is 0.384. The lowest BCUT2D eigenvalue weighted by Crippen LogP contribution is -2.66. The lowest BCUT2D eigenvalue weighted by atomic mass is 9.81. The highest BCUT2D eigenvalue weighted by Gasteiger charge is 2.82. The van der Waals surface area contributed by atoms with Gasteiger partial charge in [-0.1, -0.05) is 20.8 Å². The fourth-order valence-corrected chi connectivity index (χ4v) is 1.33. The number of aliphatic carboxylic acids is 1. The third kappa shape index (κ3) is 4.40. The number of hydrogen-bond donors (Lipinski definition) is 0. The van der Waals surface area contributed by atoms with Gasteiger partial charge in [0.2, 0.25) is 0 Å². The first-order valence-electron chi connectivity index (χ1n) is 6.38. The van der Waals surface area contributed by atoms with Gasteiger partial charge in [-0.3, -0.25) is 0 Å². The number of esters is 1. The molecule has 0 atom stereocenters. The fourth-order valence-electron chi connectivity index (χ4n) is 1.33. The van der Waals surface area contributed by atoms with Crippen molar-refractivity contribution >= 4 is 11.9 Å². The molecule has 0 unspecified atom stereocenters. The van der Waals surface area contributed by atoms with Gasteiger partial charge in [0.05, 0.1) is 5.97 Å². The normalized spacial score (nSPS) is 14.7. The van der Waals surface area contributed by atoms with Gasteiger partial charge < -0.3 is 14.6 Å². The van der Waals surface area contributed by atoms with Gasteiger partial charge in [0.1, 0.15) is 0 Å². The molecule has 0 radical (unpaired) electrons. The van der Waals surface area contributed by atoms with Crippen molar-refractivity contribution in [2.24, 2.45) is 5.41 Å². The molecule has 0 aliphatic rings. The Bertz CT molecular complexity index is 549. The molecule has 0 aromatic rings. The second-order valence-corrected chi connectivity index (χ2v) is 5.94. The highest BCUT2D eigenvalue weighted by Crippen LogP contribution is 2.57. The molecule has 0 saturated carbocycles. The Kier molecular flexibility index (Phi) is 6.28. The van der Waals surface area contributed by atoms with E-state index in [1.807, 2.05) is 0 Å². The number of carbonyl (C=O) groups excluding carboxylic acids is 2. The molecular formula is C13H13F8O4-. The maximum Gasteiger partial charge on any atom is 0.381 e. The van der Waals surface area contributed by atoms with Gasteiger partial charge in [0.15, 0.2) is 6.61 Å². The average Bonchev–Trinajstić information content (AvgIpc) is 2.41. The van der Waals surface area contributed by atoms with Crippen molar-refractivity contribution in [2.75, 3.05) is 6.61 Å². The summed E-state index contributed by atoms with van der Waals surface area (Å²) in [6, 6.07) is 0. The molecule has 0 fully saturated rings.